The molecule has 0 spiro atoms. The van der Waals surface area contributed by atoms with E-state index in [-0.39, 0.29) is 18.1 Å². The summed E-state index contributed by atoms with van der Waals surface area (Å²) in [6, 6.07) is 3.48. The molecule has 0 N–H and O–H groups in total. The van der Waals surface area contributed by atoms with Crippen molar-refractivity contribution in [1.29, 1.82) is 0 Å². The van der Waals surface area contributed by atoms with Crippen LogP contribution in [0.5, 0.6) is 5.88 Å². The molecule has 2 rings (SSSR count). The normalized spacial score (nSPS) is 22.5. The molecule has 1 aliphatic heterocycles. The van der Waals surface area contributed by atoms with Crippen molar-refractivity contribution in [3.63, 3.8) is 0 Å². The van der Waals surface area contributed by atoms with Gasteiger partial charge in [-0.15, -0.1) is 0 Å². The zero-order chi connectivity index (χ0) is 14.7. The van der Waals surface area contributed by atoms with Crippen LogP contribution in [0.25, 0.3) is 0 Å². The summed E-state index contributed by atoms with van der Waals surface area (Å²) < 4.78 is 15.6. The lowest BCUT2D eigenvalue weighted by atomic mass is 10.2. The Morgan fingerprint density at radius 3 is 2.50 bits per heavy atom. The third-order valence-electron chi connectivity index (χ3n) is 3.19. The van der Waals surface area contributed by atoms with Gasteiger partial charge in [0.15, 0.2) is 0 Å². The van der Waals surface area contributed by atoms with Crippen molar-refractivity contribution in [3.05, 3.63) is 17.7 Å². The molecule has 6 heteroatoms. The Hall–Kier alpha value is -1.82. The maximum atomic E-state index is 11.6. The van der Waals surface area contributed by atoms with Crippen LogP contribution in [0.4, 0.5) is 5.82 Å². The number of anilines is 1. The highest BCUT2D eigenvalue weighted by molar-refractivity contribution is 5.92. The molecule has 1 aromatic rings. The lowest BCUT2D eigenvalue weighted by Gasteiger charge is -2.36. The third kappa shape index (κ3) is 3.01. The van der Waals surface area contributed by atoms with Crippen LogP contribution in [0.3, 0.4) is 0 Å². The summed E-state index contributed by atoms with van der Waals surface area (Å²) in [5, 5.41) is 0. The molecule has 0 saturated carbocycles. The van der Waals surface area contributed by atoms with E-state index in [1.807, 2.05) is 13.8 Å². The number of carbonyl (C=O) groups is 1. The lowest BCUT2D eigenvalue weighted by Crippen LogP contribution is -2.45. The first-order valence-corrected chi connectivity index (χ1v) is 6.59. The van der Waals surface area contributed by atoms with Gasteiger partial charge in [-0.2, -0.15) is 4.98 Å². The summed E-state index contributed by atoms with van der Waals surface area (Å²) in [7, 11) is 2.82. The highest BCUT2D eigenvalue weighted by atomic mass is 16.5. The smallest absolute Gasteiger partial charge is 0.343 e. The largest absolute Gasteiger partial charge is 0.480 e. The minimum absolute atomic E-state index is 0.145. The molecule has 1 fully saturated rings. The second kappa shape index (κ2) is 6.09. The van der Waals surface area contributed by atoms with Crippen molar-refractivity contribution in [3.8, 4) is 5.88 Å². The Morgan fingerprint density at radius 1 is 1.30 bits per heavy atom. The van der Waals surface area contributed by atoms with E-state index in [4.69, 9.17) is 14.2 Å². The van der Waals surface area contributed by atoms with Crippen molar-refractivity contribution in [2.24, 2.45) is 0 Å². The molecular formula is C14H20N2O4. The first kappa shape index (κ1) is 14.6. The number of methoxy groups -OCH3 is 2. The number of esters is 1. The van der Waals surface area contributed by atoms with Gasteiger partial charge in [-0.1, -0.05) is 0 Å². The Kier molecular flexibility index (Phi) is 4.44. The zero-order valence-corrected chi connectivity index (χ0v) is 12.3. The number of hydrogen-bond acceptors (Lipinski definition) is 6. The van der Waals surface area contributed by atoms with E-state index in [2.05, 4.69) is 9.88 Å². The van der Waals surface area contributed by atoms with Crippen LogP contribution >= 0.6 is 0 Å². The molecular weight excluding hydrogens is 260 g/mol. The molecule has 0 amide bonds. The van der Waals surface area contributed by atoms with E-state index >= 15 is 0 Å². The van der Waals surface area contributed by atoms with Gasteiger partial charge in [-0.3, -0.25) is 0 Å². The van der Waals surface area contributed by atoms with Gasteiger partial charge in [-0.25, -0.2) is 4.79 Å². The highest BCUT2D eigenvalue weighted by Crippen LogP contribution is 2.24. The van der Waals surface area contributed by atoms with E-state index in [1.54, 1.807) is 12.1 Å². The SMILES string of the molecule is COC(=O)c1ccc(N2C[C@@H](C)O[C@@H](C)C2)nc1OC. The van der Waals surface area contributed by atoms with Gasteiger partial charge in [0, 0.05) is 13.1 Å². The molecule has 2 heterocycles. The second-order valence-corrected chi connectivity index (χ2v) is 4.88. The molecule has 0 aromatic carbocycles. The highest BCUT2D eigenvalue weighted by Gasteiger charge is 2.24. The van der Waals surface area contributed by atoms with Crippen LogP contribution in [-0.2, 0) is 9.47 Å². The lowest BCUT2D eigenvalue weighted by molar-refractivity contribution is -0.00550. The second-order valence-electron chi connectivity index (χ2n) is 4.88. The molecule has 0 radical (unpaired) electrons. The molecule has 20 heavy (non-hydrogen) atoms. The van der Waals surface area contributed by atoms with Crippen LogP contribution in [0.2, 0.25) is 0 Å². The van der Waals surface area contributed by atoms with E-state index in [9.17, 15) is 4.79 Å². The van der Waals surface area contributed by atoms with Crippen molar-refractivity contribution >= 4 is 11.8 Å². The minimum atomic E-state index is -0.454. The number of hydrogen-bond donors (Lipinski definition) is 0. The molecule has 6 nitrogen and oxygen atoms in total. The fourth-order valence-electron chi connectivity index (χ4n) is 2.39. The number of aromatic nitrogens is 1. The summed E-state index contributed by atoms with van der Waals surface area (Å²) in [5.74, 6) is 0.599. The average molecular weight is 280 g/mol. The first-order chi connectivity index (χ1) is 9.55. The molecule has 1 saturated heterocycles. The maximum Gasteiger partial charge on any atom is 0.343 e. The number of rotatable bonds is 3. The summed E-state index contributed by atoms with van der Waals surface area (Å²) >= 11 is 0. The minimum Gasteiger partial charge on any atom is -0.480 e. The molecule has 1 aliphatic rings. The van der Waals surface area contributed by atoms with Crippen molar-refractivity contribution < 1.29 is 19.0 Å². The fraction of sp³-hybridized carbons (Fsp3) is 0.571. The van der Waals surface area contributed by atoms with E-state index in [0.717, 1.165) is 18.9 Å². The molecule has 0 unspecified atom stereocenters. The van der Waals surface area contributed by atoms with E-state index in [0.29, 0.717) is 5.56 Å². The molecule has 2 atom stereocenters. The van der Waals surface area contributed by atoms with Crippen molar-refractivity contribution in [2.75, 3.05) is 32.2 Å². The predicted molar refractivity (Wildman–Crippen MR) is 74.4 cm³/mol. The van der Waals surface area contributed by atoms with Gasteiger partial charge in [-0.05, 0) is 26.0 Å². The van der Waals surface area contributed by atoms with Crippen molar-refractivity contribution in [2.45, 2.75) is 26.1 Å². The number of nitrogens with zero attached hydrogens (tertiary/aromatic N) is 2. The Morgan fingerprint density at radius 2 is 1.95 bits per heavy atom. The maximum absolute atomic E-state index is 11.6. The summed E-state index contributed by atoms with van der Waals surface area (Å²) in [5.41, 5.74) is 0.327. The van der Waals surface area contributed by atoms with Gasteiger partial charge >= 0.3 is 5.97 Å². The van der Waals surface area contributed by atoms with E-state index in [1.165, 1.54) is 14.2 Å². The number of morpholine rings is 1. The quantitative estimate of drug-likeness (QED) is 0.782. The summed E-state index contributed by atoms with van der Waals surface area (Å²) in [6.45, 7) is 5.58. The van der Waals surface area contributed by atoms with Gasteiger partial charge in [0.1, 0.15) is 11.4 Å². The van der Waals surface area contributed by atoms with Gasteiger partial charge in [0.05, 0.1) is 26.4 Å². The predicted octanol–water partition coefficient (Wildman–Crippen LogP) is 1.49. The average Bonchev–Trinajstić information content (AvgIpc) is 2.44. The number of pyridine rings is 1. The third-order valence-corrected chi connectivity index (χ3v) is 3.19. The topological polar surface area (TPSA) is 60.9 Å². The first-order valence-electron chi connectivity index (χ1n) is 6.59. The fourth-order valence-corrected chi connectivity index (χ4v) is 2.39. The monoisotopic (exact) mass is 280 g/mol. The molecule has 0 aliphatic carbocycles. The molecule has 110 valence electrons. The van der Waals surface area contributed by atoms with Crippen LogP contribution in [-0.4, -0.2) is 50.5 Å². The van der Waals surface area contributed by atoms with Crippen LogP contribution in [0.1, 0.15) is 24.2 Å². The van der Waals surface area contributed by atoms with Crippen LogP contribution < -0.4 is 9.64 Å². The molecule has 1 aromatic heterocycles. The standard InChI is InChI=1S/C14H20N2O4/c1-9-7-16(8-10(2)20-9)12-6-5-11(14(17)19-4)13(15-12)18-3/h5-6,9-10H,7-8H2,1-4H3/t9-,10+. The van der Waals surface area contributed by atoms with Crippen LogP contribution in [0, 0.1) is 0 Å². The van der Waals surface area contributed by atoms with Crippen molar-refractivity contribution in [1.82, 2.24) is 4.98 Å². The van der Waals surface area contributed by atoms with Gasteiger partial charge in [0.25, 0.3) is 0 Å². The zero-order valence-electron chi connectivity index (χ0n) is 12.3. The van der Waals surface area contributed by atoms with Crippen LogP contribution in [0.15, 0.2) is 12.1 Å². The van der Waals surface area contributed by atoms with Gasteiger partial charge in [0.2, 0.25) is 5.88 Å². The Balaban J connectivity index is 2.27. The molecule has 0 bridgehead atoms. The summed E-state index contributed by atoms with van der Waals surface area (Å²) in [4.78, 5) is 18.1. The van der Waals surface area contributed by atoms with Gasteiger partial charge < -0.3 is 19.1 Å². The Labute approximate surface area is 118 Å². The van der Waals surface area contributed by atoms with E-state index < -0.39 is 5.97 Å². The summed E-state index contributed by atoms with van der Waals surface area (Å²) in [6.07, 6.45) is 0.290. The number of ether oxygens (including phenoxy) is 3. The number of carbonyl (C=O) groups excluding carboxylic acids is 1. The Bertz CT molecular complexity index is 482.